The zero-order valence-electron chi connectivity index (χ0n) is 15.2. The fraction of sp³-hybridized carbons (Fsp3) is 0.412. The van der Waals surface area contributed by atoms with Crippen LogP contribution in [0.1, 0.15) is 34.1 Å². The molecule has 0 radical (unpaired) electrons. The van der Waals surface area contributed by atoms with E-state index < -0.39 is 22.0 Å². The summed E-state index contributed by atoms with van der Waals surface area (Å²) in [7, 11) is -3.83. The Kier molecular flexibility index (Phi) is 5.65. The standard InChI is InChI=1S/C17H23N3O3S2/c1-9-7-10(2)13(5)15(12(9)4)25(22,23)20-14(6)16(21)19-17-18-8-11(3)24-17/h7-8,14,20H,1-6H3,(H,18,19,21)/t14-/m1/s1. The highest BCUT2D eigenvalue weighted by Gasteiger charge is 2.26. The van der Waals surface area contributed by atoms with Crippen LogP contribution in [0.2, 0.25) is 0 Å². The van der Waals surface area contributed by atoms with Crippen molar-refractivity contribution in [1.82, 2.24) is 9.71 Å². The summed E-state index contributed by atoms with van der Waals surface area (Å²) in [4.78, 5) is 17.5. The molecule has 136 valence electrons. The van der Waals surface area contributed by atoms with Gasteiger partial charge >= 0.3 is 0 Å². The average Bonchev–Trinajstić information content (AvgIpc) is 2.89. The minimum atomic E-state index is -3.83. The van der Waals surface area contributed by atoms with Crippen LogP contribution < -0.4 is 10.0 Å². The Labute approximate surface area is 152 Å². The molecule has 0 unspecified atom stereocenters. The van der Waals surface area contributed by atoms with Gasteiger partial charge < -0.3 is 5.32 Å². The van der Waals surface area contributed by atoms with Crippen LogP contribution in [0.4, 0.5) is 5.13 Å². The number of nitrogens with one attached hydrogen (secondary N) is 2. The van der Waals surface area contributed by atoms with E-state index in [1.54, 1.807) is 20.0 Å². The first kappa shape index (κ1) is 19.6. The molecule has 1 heterocycles. The summed E-state index contributed by atoms with van der Waals surface area (Å²) in [6.07, 6.45) is 1.65. The van der Waals surface area contributed by atoms with Gasteiger partial charge in [0.2, 0.25) is 15.9 Å². The summed E-state index contributed by atoms with van der Waals surface area (Å²) >= 11 is 1.34. The van der Waals surface area contributed by atoms with Gasteiger partial charge in [0.15, 0.2) is 5.13 Å². The molecule has 0 bridgehead atoms. The first-order chi connectivity index (χ1) is 11.5. The number of anilines is 1. The monoisotopic (exact) mass is 381 g/mol. The number of rotatable bonds is 5. The maximum atomic E-state index is 12.8. The summed E-state index contributed by atoms with van der Waals surface area (Å²) in [5.41, 5.74) is 3.19. The van der Waals surface area contributed by atoms with Gasteiger partial charge in [-0.15, -0.1) is 11.3 Å². The van der Waals surface area contributed by atoms with Gasteiger partial charge in [-0.25, -0.2) is 13.4 Å². The van der Waals surface area contributed by atoms with Gasteiger partial charge in [-0.05, 0) is 63.8 Å². The van der Waals surface area contributed by atoms with Crippen molar-refractivity contribution in [3.8, 4) is 0 Å². The molecule has 1 amide bonds. The average molecular weight is 382 g/mol. The SMILES string of the molecule is Cc1cnc(NC(=O)[C@@H](C)NS(=O)(=O)c2c(C)c(C)cc(C)c2C)s1. The molecule has 0 saturated carbocycles. The normalized spacial score (nSPS) is 12.9. The summed E-state index contributed by atoms with van der Waals surface area (Å²) in [6, 6.07) is 1.04. The molecule has 2 N–H and O–H groups in total. The van der Waals surface area contributed by atoms with Crippen molar-refractivity contribution >= 4 is 32.4 Å². The van der Waals surface area contributed by atoms with Crippen LogP contribution in [0.3, 0.4) is 0 Å². The van der Waals surface area contributed by atoms with Crippen molar-refractivity contribution in [2.24, 2.45) is 0 Å². The molecule has 0 aliphatic carbocycles. The van der Waals surface area contributed by atoms with Gasteiger partial charge in [0.25, 0.3) is 0 Å². The molecule has 6 nitrogen and oxygen atoms in total. The van der Waals surface area contributed by atoms with E-state index in [1.807, 2.05) is 26.8 Å². The molecule has 0 fully saturated rings. The third kappa shape index (κ3) is 4.26. The Bertz CT molecular complexity index is 891. The van der Waals surface area contributed by atoms with Crippen LogP contribution in [0.15, 0.2) is 17.2 Å². The smallest absolute Gasteiger partial charge is 0.244 e. The molecule has 8 heteroatoms. The maximum absolute atomic E-state index is 12.8. The number of hydrogen-bond acceptors (Lipinski definition) is 5. The molecule has 0 aliphatic rings. The van der Waals surface area contributed by atoms with E-state index in [1.165, 1.54) is 18.3 Å². The molecule has 1 aromatic heterocycles. The van der Waals surface area contributed by atoms with Crippen LogP contribution >= 0.6 is 11.3 Å². The summed E-state index contributed by atoms with van der Waals surface area (Å²) in [5, 5.41) is 3.08. The lowest BCUT2D eigenvalue weighted by atomic mass is 10.0. The topological polar surface area (TPSA) is 88.2 Å². The number of sulfonamides is 1. The number of thiazole rings is 1. The summed E-state index contributed by atoms with van der Waals surface area (Å²) in [6.45, 7) is 10.7. The van der Waals surface area contributed by atoms with Crippen LogP contribution in [-0.2, 0) is 14.8 Å². The van der Waals surface area contributed by atoms with Gasteiger partial charge in [-0.3, -0.25) is 4.79 Å². The van der Waals surface area contributed by atoms with E-state index in [-0.39, 0.29) is 4.90 Å². The number of carbonyl (C=O) groups is 1. The zero-order valence-corrected chi connectivity index (χ0v) is 16.9. The molecule has 0 saturated heterocycles. The molecular formula is C17H23N3O3S2. The Balaban J connectivity index is 2.25. The van der Waals surface area contributed by atoms with Crippen molar-refractivity contribution in [3.05, 3.63) is 39.4 Å². The fourth-order valence-corrected chi connectivity index (χ4v) is 5.04. The summed E-state index contributed by atoms with van der Waals surface area (Å²) < 4.78 is 28.2. The van der Waals surface area contributed by atoms with Gasteiger partial charge in [-0.2, -0.15) is 4.72 Å². The number of benzene rings is 1. The van der Waals surface area contributed by atoms with Gasteiger partial charge in [-0.1, -0.05) is 6.07 Å². The van der Waals surface area contributed by atoms with E-state index >= 15 is 0 Å². The van der Waals surface area contributed by atoms with Crippen LogP contribution in [0.25, 0.3) is 0 Å². The predicted octanol–water partition coefficient (Wildman–Crippen LogP) is 2.99. The third-order valence-corrected chi connectivity index (χ3v) is 6.78. The van der Waals surface area contributed by atoms with E-state index in [0.29, 0.717) is 16.3 Å². The Morgan fingerprint density at radius 2 is 1.68 bits per heavy atom. The largest absolute Gasteiger partial charge is 0.301 e. The number of hydrogen-bond donors (Lipinski definition) is 2. The minimum absolute atomic E-state index is 0.245. The Hall–Kier alpha value is -1.77. The van der Waals surface area contributed by atoms with E-state index in [4.69, 9.17) is 0 Å². The van der Waals surface area contributed by atoms with Gasteiger partial charge in [0, 0.05) is 11.1 Å². The molecule has 2 aromatic rings. The number of amides is 1. The van der Waals surface area contributed by atoms with Crippen LogP contribution in [0, 0.1) is 34.6 Å². The van der Waals surface area contributed by atoms with E-state index in [2.05, 4.69) is 15.0 Å². The molecule has 0 spiro atoms. The lowest BCUT2D eigenvalue weighted by molar-refractivity contribution is -0.117. The molecule has 2 rings (SSSR count). The molecule has 0 aliphatic heterocycles. The van der Waals surface area contributed by atoms with Crippen LogP contribution in [0.5, 0.6) is 0 Å². The molecule has 1 aromatic carbocycles. The highest BCUT2D eigenvalue weighted by Crippen LogP contribution is 2.26. The van der Waals surface area contributed by atoms with Crippen molar-refractivity contribution in [1.29, 1.82) is 0 Å². The summed E-state index contributed by atoms with van der Waals surface area (Å²) in [5.74, 6) is -0.447. The quantitative estimate of drug-likeness (QED) is 0.833. The molecule has 1 atom stereocenters. The van der Waals surface area contributed by atoms with Crippen molar-refractivity contribution in [2.75, 3.05) is 5.32 Å². The molecular weight excluding hydrogens is 358 g/mol. The lowest BCUT2D eigenvalue weighted by Gasteiger charge is -2.18. The predicted molar refractivity (Wildman–Crippen MR) is 101 cm³/mol. The number of carbonyl (C=O) groups excluding carboxylic acids is 1. The highest BCUT2D eigenvalue weighted by atomic mass is 32.2. The zero-order chi connectivity index (χ0) is 18.9. The number of nitrogens with zero attached hydrogens (tertiary/aromatic N) is 1. The number of aromatic nitrogens is 1. The fourth-order valence-electron chi connectivity index (χ4n) is 2.56. The number of aryl methyl sites for hydroxylation is 3. The van der Waals surface area contributed by atoms with Crippen molar-refractivity contribution in [2.45, 2.75) is 52.5 Å². The second kappa shape index (κ2) is 7.23. The Morgan fingerprint density at radius 3 is 2.16 bits per heavy atom. The maximum Gasteiger partial charge on any atom is 0.244 e. The van der Waals surface area contributed by atoms with Crippen molar-refractivity contribution in [3.63, 3.8) is 0 Å². The highest BCUT2D eigenvalue weighted by molar-refractivity contribution is 7.89. The lowest BCUT2D eigenvalue weighted by Crippen LogP contribution is -2.42. The first-order valence-electron chi connectivity index (χ1n) is 7.86. The van der Waals surface area contributed by atoms with E-state index in [0.717, 1.165) is 16.0 Å². The van der Waals surface area contributed by atoms with Gasteiger partial charge in [0.1, 0.15) is 0 Å². The van der Waals surface area contributed by atoms with E-state index in [9.17, 15) is 13.2 Å². The van der Waals surface area contributed by atoms with Gasteiger partial charge in [0.05, 0.1) is 10.9 Å². The third-order valence-electron chi connectivity index (χ3n) is 4.14. The minimum Gasteiger partial charge on any atom is -0.301 e. The molecule has 25 heavy (non-hydrogen) atoms. The first-order valence-corrected chi connectivity index (χ1v) is 10.2. The second-order valence-electron chi connectivity index (χ2n) is 6.20. The van der Waals surface area contributed by atoms with Crippen molar-refractivity contribution < 1.29 is 13.2 Å². The second-order valence-corrected chi connectivity index (χ2v) is 9.08. The van der Waals surface area contributed by atoms with Crippen LogP contribution in [-0.4, -0.2) is 25.4 Å². The Morgan fingerprint density at radius 1 is 1.12 bits per heavy atom.